The van der Waals surface area contributed by atoms with Crippen molar-refractivity contribution >= 4 is 0 Å². The first-order valence-electron chi connectivity index (χ1n) is 6.85. The van der Waals surface area contributed by atoms with Gasteiger partial charge in [0.05, 0.1) is 5.54 Å². The van der Waals surface area contributed by atoms with Crippen molar-refractivity contribution in [3.63, 3.8) is 0 Å². The fourth-order valence-electron chi connectivity index (χ4n) is 2.58. The topological polar surface area (TPSA) is 74.2 Å². The minimum absolute atomic E-state index is 0.0836. The summed E-state index contributed by atoms with van der Waals surface area (Å²) in [6.45, 7) is 2.11. The molecule has 5 heteroatoms. The molecular weight excluding hydrogens is 230 g/mol. The van der Waals surface area contributed by atoms with Crippen molar-refractivity contribution in [3.05, 3.63) is 11.7 Å². The van der Waals surface area contributed by atoms with Gasteiger partial charge in [-0.2, -0.15) is 4.98 Å². The summed E-state index contributed by atoms with van der Waals surface area (Å²) in [7, 11) is 1.68. The standard InChI is InChI=1S/C13H23N3O2/c1-3-7-10(17-2)11-15-12(18-16-11)13(14)8-5-4-6-9-13/h10H,3-9,14H2,1-2H3. The molecule has 0 amide bonds. The van der Waals surface area contributed by atoms with Crippen molar-refractivity contribution in [1.82, 2.24) is 10.1 Å². The second-order valence-electron chi connectivity index (χ2n) is 5.19. The van der Waals surface area contributed by atoms with Crippen LogP contribution in [0.5, 0.6) is 0 Å². The maximum absolute atomic E-state index is 6.37. The number of hydrogen-bond donors (Lipinski definition) is 1. The van der Waals surface area contributed by atoms with Crippen molar-refractivity contribution in [1.29, 1.82) is 0 Å². The van der Waals surface area contributed by atoms with E-state index in [9.17, 15) is 0 Å². The highest BCUT2D eigenvalue weighted by atomic mass is 16.5. The molecule has 0 radical (unpaired) electrons. The third-order valence-electron chi connectivity index (χ3n) is 3.74. The van der Waals surface area contributed by atoms with Gasteiger partial charge in [-0.1, -0.05) is 37.8 Å². The zero-order valence-corrected chi connectivity index (χ0v) is 11.3. The zero-order valence-electron chi connectivity index (χ0n) is 11.3. The van der Waals surface area contributed by atoms with Gasteiger partial charge >= 0.3 is 0 Å². The smallest absolute Gasteiger partial charge is 0.246 e. The molecule has 1 aromatic heterocycles. The second kappa shape index (κ2) is 5.80. The molecule has 0 bridgehead atoms. The molecule has 1 unspecified atom stereocenters. The van der Waals surface area contributed by atoms with Crippen LogP contribution in [0.2, 0.25) is 0 Å². The summed E-state index contributed by atoms with van der Waals surface area (Å²) in [6, 6.07) is 0. The van der Waals surface area contributed by atoms with E-state index in [1.165, 1.54) is 6.42 Å². The predicted octanol–water partition coefficient (Wildman–Crippen LogP) is 2.68. The van der Waals surface area contributed by atoms with Crippen LogP contribution >= 0.6 is 0 Å². The molecular formula is C13H23N3O2. The van der Waals surface area contributed by atoms with E-state index in [0.717, 1.165) is 38.5 Å². The van der Waals surface area contributed by atoms with Crippen LogP contribution in [0.3, 0.4) is 0 Å². The lowest BCUT2D eigenvalue weighted by atomic mass is 9.82. The summed E-state index contributed by atoms with van der Waals surface area (Å²) in [6.07, 6.45) is 7.22. The minimum atomic E-state index is -0.423. The van der Waals surface area contributed by atoms with Gasteiger partial charge in [-0.3, -0.25) is 0 Å². The lowest BCUT2D eigenvalue weighted by Gasteiger charge is -2.29. The molecule has 102 valence electrons. The third kappa shape index (κ3) is 2.72. The average Bonchev–Trinajstić information content (AvgIpc) is 2.87. The van der Waals surface area contributed by atoms with Crippen LogP contribution < -0.4 is 5.73 Å². The van der Waals surface area contributed by atoms with Crippen LogP contribution in [0.4, 0.5) is 0 Å². The summed E-state index contributed by atoms with van der Waals surface area (Å²) in [5.74, 6) is 1.21. The van der Waals surface area contributed by atoms with Crippen LogP contribution in [0.1, 0.15) is 69.7 Å². The first kappa shape index (κ1) is 13.5. The van der Waals surface area contributed by atoms with E-state index in [-0.39, 0.29) is 6.10 Å². The van der Waals surface area contributed by atoms with E-state index < -0.39 is 5.54 Å². The molecule has 0 spiro atoms. The molecule has 0 aliphatic heterocycles. The minimum Gasteiger partial charge on any atom is -0.373 e. The molecule has 1 fully saturated rings. The molecule has 18 heavy (non-hydrogen) atoms. The number of ether oxygens (including phenoxy) is 1. The fourth-order valence-corrected chi connectivity index (χ4v) is 2.58. The lowest BCUT2D eigenvalue weighted by Crippen LogP contribution is -2.39. The van der Waals surface area contributed by atoms with E-state index in [1.54, 1.807) is 7.11 Å². The van der Waals surface area contributed by atoms with Gasteiger partial charge in [-0.05, 0) is 19.3 Å². The van der Waals surface area contributed by atoms with Gasteiger partial charge in [0.2, 0.25) is 11.7 Å². The fraction of sp³-hybridized carbons (Fsp3) is 0.846. The van der Waals surface area contributed by atoms with Crippen molar-refractivity contribution in [3.8, 4) is 0 Å². The van der Waals surface area contributed by atoms with E-state index in [4.69, 9.17) is 15.0 Å². The largest absolute Gasteiger partial charge is 0.373 e. The van der Waals surface area contributed by atoms with Gasteiger partial charge in [-0.25, -0.2) is 0 Å². The molecule has 1 aliphatic carbocycles. The van der Waals surface area contributed by atoms with Gasteiger partial charge < -0.3 is 15.0 Å². The maximum atomic E-state index is 6.37. The SMILES string of the molecule is CCCC(OC)c1noc(C2(N)CCCCC2)n1. The molecule has 5 nitrogen and oxygen atoms in total. The number of methoxy groups -OCH3 is 1. The van der Waals surface area contributed by atoms with Crippen molar-refractivity contribution in [2.45, 2.75) is 63.5 Å². The Labute approximate surface area is 108 Å². The molecule has 2 rings (SSSR count). The van der Waals surface area contributed by atoms with Gasteiger partial charge in [0.1, 0.15) is 6.10 Å². The van der Waals surface area contributed by atoms with Gasteiger partial charge in [0.15, 0.2) is 0 Å². The Morgan fingerprint density at radius 1 is 1.39 bits per heavy atom. The van der Waals surface area contributed by atoms with Crippen LogP contribution in [0.15, 0.2) is 4.52 Å². The van der Waals surface area contributed by atoms with Crippen LogP contribution in [-0.2, 0) is 10.3 Å². The molecule has 2 N–H and O–H groups in total. The predicted molar refractivity (Wildman–Crippen MR) is 67.9 cm³/mol. The van der Waals surface area contributed by atoms with E-state index in [0.29, 0.717) is 11.7 Å². The summed E-state index contributed by atoms with van der Waals surface area (Å²) in [4.78, 5) is 4.47. The average molecular weight is 253 g/mol. The second-order valence-corrected chi connectivity index (χ2v) is 5.19. The van der Waals surface area contributed by atoms with Crippen molar-refractivity contribution < 1.29 is 9.26 Å². The quantitative estimate of drug-likeness (QED) is 0.873. The summed E-state index contributed by atoms with van der Waals surface area (Å²) >= 11 is 0. The number of rotatable bonds is 5. The molecule has 1 atom stereocenters. The Kier molecular flexibility index (Phi) is 4.35. The first-order valence-corrected chi connectivity index (χ1v) is 6.85. The highest BCUT2D eigenvalue weighted by Crippen LogP contribution is 2.34. The van der Waals surface area contributed by atoms with Crippen LogP contribution in [0, 0.1) is 0 Å². The van der Waals surface area contributed by atoms with Gasteiger partial charge in [0, 0.05) is 7.11 Å². The van der Waals surface area contributed by atoms with Gasteiger partial charge in [-0.15, -0.1) is 0 Å². The normalized spacial score (nSPS) is 20.8. The molecule has 0 saturated heterocycles. The van der Waals surface area contributed by atoms with Crippen molar-refractivity contribution in [2.75, 3.05) is 7.11 Å². The van der Waals surface area contributed by atoms with Crippen molar-refractivity contribution in [2.24, 2.45) is 5.73 Å². The molecule has 1 aliphatic rings. The molecule has 1 heterocycles. The Balaban J connectivity index is 2.13. The molecule has 1 saturated carbocycles. The Hall–Kier alpha value is -0.940. The Bertz CT molecular complexity index is 372. The highest BCUT2D eigenvalue weighted by molar-refractivity contribution is 5.04. The zero-order chi connectivity index (χ0) is 13.0. The van der Waals surface area contributed by atoms with Crippen LogP contribution in [0.25, 0.3) is 0 Å². The number of nitrogens with two attached hydrogens (primary N) is 1. The number of aromatic nitrogens is 2. The summed E-state index contributed by atoms with van der Waals surface area (Å²) in [5.41, 5.74) is 5.95. The summed E-state index contributed by atoms with van der Waals surface area (Å²) in [5, 5.41) is 4.04. The molecule has 0 aromatic carbocycles. The highest BCUT2D eigenvalue weighted by Gasteiger charge is 2.35. The maximum Gasteiger partial charge on any atom is 0.246 e. The lowest BCUT2D eigenvalue weighted by molar-refractivity contribution is 0.0854. The molecule has 1 aromatic rings. The van der Waals surface area contributed by atoms with E-state index in [1.807, 2.05) is 0 Å². The third-order valence-corrected chi connectivity index (χ3v) is 3.74. The summed E-state index contributed by atoms with van der Waals surface area (Å²) < 4.78 is 10.8. The van der Waals surface area contributed by atoms with Crippen LogP contribution in [-0.4, -0.2) is 17.3 Å². The Morgan fingerprint density at radius 2 is 2.11 bits per heavy atom. The monoisotopic (exact) mass is 253 g/mol. The van der Waals surface area contributed by atoms with E-state index in [2.05, 4.69) is 17.1 Å². The number of hydrogen-bond acceptors (Lipinski definition) is 5. The van der Waals surface area contributed by atoms with E-state index >= 15 is 0 Å². The Morgan fingerprint density at radius 3 is 2.72 bits per heavy atom. The first-order chi connectivity index (χ1) is 8.69. The number of nitrogens with zero attached hydrogens (tertiary/aromatic N) is 2. The van der Waals surface area contributed by atoms with Gasteiger partial charge in [0.25, 0.3) is 0 Å².